The van der Waals surface area contributed by atoms with Gasteiger partial charge in [0, 0.05) is 12.6 Å². The van der Waals surface area contributed by atoms with Crippen LogP contribution in [0.3, 0.4) is 0 Å². The molecule has 0 aliphatic carbocycles. The minimum Gasteiger partial charge on any atom is -0.242 e. The second-order valence-electron chi connectivity index (χ2n) is 3.95. The van der Waals surface area contributed by atoms with Gasteiger partial charge >= 0.3 is 0 Å². The molecule has 3 heteroatoms. The summed E-state index contributed by atoms with van der Waals surface area (Å²) in [5, 5.41) is 4.06. The van der Waals surface area contributed by atoms with Gasteiger partial charge in [0.15, 0.2) is 0 Å². The first kappa shape index (κ1) is 10.2. The fourth-order valence-electron chi connectivity index (χ4n) is 1.50. The van der Waals surface area contributed by atoms with Crippen LogP contribution in [-0.4, -0.2) is 9.78 Å². The SMILES string of the molecule is Cc1nn(C)c(F)c1C(C)C(C)C. The predicted molar refractivity (Wildman–Crippen MR) is 51.2 cm³/mol. The highest BCUT2D eigenvalue weighted by Gasteiger charge is 2.20. The number of aromatic nitrogens is 2. The number of rotatable bonds is 2. The summed E-state index contributed by atoms with van der Waals surface area (Å²) in [6.45, 7) is 8.09. The third-order valence-electron chi connectivity index (χ3n) is 2.65. The first-order chi connectivity index (χ1) is 5.95. The van der Waals surface area contributed by atoms with E-state index in [4.69, 9.17) is 0 Å². The number of halogens is 1. The van der Waals surface area contributed by atoms with Crippen molar-refractivity contribution in [3.05, 3.63) is 17.2 Å². The van der Waals surface area contributed by atoms with Crippen molar-refractivity contribution in [2.45, 2.75) is 33.6 Å². The molecule has 2 nitrogen and oxygen atoms in total. The van der Waals surface area contributed by atoms with Crippen molar-refractivity contribution in [1.29, 1.82) is 0 Å². The second kappa shape index (κ2) is 3.48. The molecule has 1 rings (SSSR count). The Bertz CT molecular complexity index is 302. The van der Waals surface area contributed by atoms with E-state index in [0.29, 0.717) is 5.92 Å². The number of aryl methyl sites for hydroxylation is 2. The van der Waals surface area contributed by atoms with Crippen LogP contribution in [0.1, 0.15) is 37.9 Å². The van der Waals surface area contributed by atoms with Gasteiger partial charge in [0.1, 0.15) is 0 Å². The van der Waals surface area contributed by atoms with E-state index < -0.39 is 0 Å². The molecule has 0 fully saturated rings. The average Bonchev–Trinajstić information content (AvgIpc) is 2.26. The monoisotopic (exact) mass is 184 g/mol. The molecular weight excluding hydrogens is 167 g/mol. The van der Waals surface area contributed by atoms with E-state index in [1.165, 1.54) is 4.68 Å². The highest BCUT2D eigenvalue weighted by atomic mass is 19.1. The molecule has 1 aromatic rings. The zero-order chi connectivity index (χ0) is 10.2. The van der Waals surface area contributed by atoms with Crippen LogP contribution < -0.4 is 0 Å². The van der Waals surface area contributed by atoms with Gasteiger partial charge in [0.05, 0.1) is 5.69 Å². The maximum absolute atomic E-state index is 13.5. The number of nitrogens with zero attached hydrogens (tertiary/aromatic N) is 2. The fourth-order valence-corrected chi connectivity index (χ4v) is 1.50. The van der Waals surface area contributed by atoms with E-state index in [1.54, 1.807) is 7.05 Å². The number of hydrogen-bond donors (Lipinski definition) is 0. The van der Waals surface area contributed by atoms with E-state index in [0.717, 1.165) is 11.3 Å². The smallest absolute Gasteiger partial charge is 0.214 e. The third kappa shape index (κ3) is 1.74. The molecule has 0 saturated carbocycles. The molecular formula is C10H17FN2. The summed E-state index contributed by atoms with van der Waals surface area (Å²) in [7, 11) is 1.64. The highest BCUT2D eigenvalue weighted by Crippen LogP contribution is 2.27. The van der Waals surface area contributed by atoms with Crippen LogP contribution in [-0.2, 0) is 7.05 Å². The molecule has 74 valence electrons. The molecule has 13 heavy (non-hydrogen) atoms. The zero-order valence-electron chi connectivity index (χ0n) is 8.93. The van der Waals surface area contributed by atoms with E-state index in [1.807, 2.05) is 13.8 Å². The van der Waals surface area contributed by atoms with Crippen LogP contribution in [0.15, 0.2) is 0 Å². The molecule has 1 unspecified atom stereocenters. The standard InChI is InChI=1S/C10H17FN2/c1-6(2)7(3)9-8(4)12-13(5)10(9)11/h6-7H,1-5H3. The van der Waals surface area contributed by atoms with Gasteiger partial charge in [-0.25, -0.2) is 4.68 Å². The van der Waals surface area contributed by atoms with Crippen molar-refractivity contribution >= 4 is 0 Å². The summed E-state index contributed by atoms with van der Waals surface area (Å²) < 4.78 is 14.8. The Morgan fingerprint density at radius 1 is 1.31 bits per heavy atom. The third-order valence-corrected chi connectivity index (χ3v) is 2.65. The Labute approximate surface area is 78.8 Å². The normalized spacial score (nSPS) is 13.8. The largest absolute Gasteiger partial charge is 0.242 e. The summed E-state index contributed by atoms with van der Waals surface area (Å²) >= 11 is 0. The first-order valence-corrected chi connectivity index (χ1v) is 4.64. The average molecular weight is 184 g/mol. The topological polar surface area (TPSA) is 17.8 Å². The second-order valence-corrected chi connectivity index (χ2v) is 3.95. The van der Waals surface area contributed by atoms with Gasteiger partial charge in [-0.05, 0) is 18.8 Å². The molecule has 0 spiro atoms. The van der Waals surface area contributed by atoms with Crippen molar-refractivity contribution in [2.75, 3.05) is 0 Å². The van der Waals surface area contributed by atoms with Crippen LogP contribution in [0.2, 0.25) is 0 Å². The van der Waals surface area contributed by atoms with Crippen molar-refractivity contribution in [2.24, 2.45) is 13.0 Å². The van der Waals surface area contributed by atoms with Crippen LogP contribution in [0.25, 0.3) is 0 Å². The Morgan fingerprint density at radius 3 is 2.15 bits per heavy atom. The molecule has 0 amide bonds. The molecule has 0 aliphatic rings. The van der Waals surface area contributed by atoms with Crippen molar-refractivity contribution in [1.82, 2.24) is 9.78 Å². The Balaban J connectivity index is 3.13. The molecule has 1 aromatic heterocycles. The lowest BCUT2D eigenvalue weighted by Crippen LogP contribution is -2.05. The number of hydrogen-bond acceptors (Lipinski definition) is 1. The summed E-state index contributed by atoms with van der Waals surface area (Å²) in [6, 6.07) is 0. The Kier molecular flexibility index (Phi) is 2.74. The molecule has 0 saturated heterocycles. The summed E-state index contributed by atoms with van der Waals surface area (Å²) in [6.07, 6.45) is 0. The molecule has 0 bridgehead atoms. The van der Waals surface area contributed by atoms with E-state index >= 15 is 0 Å². The van der Waals surface area contributed by atoms with Crippen molar-refractivity contribution < 1.29 is 4.39 Å². The van der Waals surface area contributed by atoms with E-state index in [9.17, 15) is 4.39 Å². The van der Waals surface area contributed by atoms with Crippen molar-refractivity contribution in [3.63, 3.8) is 0 Å². The molecule has 0 aromatic carbocycles. The lowest BCUT2D eigenvalue weighted by atomic mass is 9.91. The minimum atomic E-state index is -0.196. The minimum absolute atomic E-state index is 0.196. The van der Waals surface area contributed by atoms with Gasteiger partial charge in [-0.15, -0.1) is 0 Å². The summed E-state index contributed by atoms with van der Waals surface area (Å²) in [5.74, 6) is 0.477. The first-order valence-electron chi connectivity index (χ1n) is 4.64. The maximum Gasteiger partial charge on any atom is 0.214 e. The van der Waals surface area contributed by atoms with Gasteiger partial charge < -0.3 is 0 Å². The van der Waals surface area contributed by atoms with Gasteiger partial charge in [-0.2, -0.15) is 9.49 Å². The quantitative estimate of drug-likeness (QED) is 0.691. The van der Waals surface area contributed by atoms with Gasteiger partial charge in [0.2, 0.25) is 5.95 Å². The fraction of sp³-hybridized carbons (Fsp3) is 0.700. The lowest BCUT2D eigenvalue weighted by molar-refractivity contribution is 0.461. The Morgan fingerprint density at radius 2 is 1.85 bits per heavy atom. The summed E-state index contributed by atoms with van der Waals surface area (Å²) in [4.78, 5) is 0. The molecule has 1 atom stereocenters. The van der Waals surface area contributed by atoms with Gasteiger partial charge in [-0.3, -0.25) is 0 Å². The molecule has 0 N–H and O–H groups in total. The Hall–Kier alpha value is -0.860. The predicted octanol–water partition coefficient (Wildman–Crippen LogP) is 2.63. The lowest BCUT2D eigenvalue weighted by Gasteiger charge is -2.14. The van der Waals surface area contributed by atoms with Crippen molar-refractivity contribution in [3.8, 4) is 0 Å². The molecule has 0 radical (unpaired) electrons. The maximum atomic E-state index is 13.5. The molecule has 1 heterocycles. The van der Waals surface area contributed by atoms with Crippen LogP contribution in [0, 0.1) is 18.8 Å². The van der Waals surface area contributed by atoms with E-state index in [-0.39, 0.29) is 11.9 Å². The van der Waals surface area contributed by atoms with Gasteiger partial charge in [0.25, 0.3) is 0 Å². The molecule has 0 aliphatic heterocycles. The van der Waals surface area contributed by atoms with Crippen LogP contribution in [0.5, 0.6) is 0 Å². The van der Waals surface area contributed by atoms with Crippen LogP contribution >= 0.6 is 0 Å². The van der Waals surface area contributed by atoms with Crippen LogP contribution in [0.4, 0.5) is 4.39 Å². The van der Waals surface area contributed by atoms with E-state index in [2.05, 4.69) is 18.9 Å². The summed E-state index contributed by atoms with van der Waals surface area (Å²) in [5.41, 5.74) is 1.57. The highest BCUT2D eigenvalue weighted by molar-refractivity contribution is 5.22. The zero-order valence-corrected chi connectivity index (χ0v) is 8.93. The van der Waals surface area contributed by atoms with Gasteiger partial charge in [-0.1, -0.05) is 20.8 Å².